The van der Waals surface area contributed by atoms with Crippen LogP contribution < -0.4 is 15.6 Å². The number of urea groups is 1. The van der Waals surface area contributed by atoms with Gasteiger partial charge in [0.15, 0.2) is 0 Å². The highest BCUT2D eigenvalue weighted by Crippen LogP contribution is 2.47. The number of anilines is 2. The predicted molar refractivity (Wildman–Crippen MR) is 101 cm³/mol. The molecule has 0 saturated carbocycles. The van der Waals surface area contributed by atoms with Gasteiger partial charge < -0.3 is 10.2 Å². The Balaban J connectivity index is 1.48. The van der Waals surface area contributed by atoms with Crippen molar-refractivity contribution < 1.29 is 9.59 Å². The first-order valence-corrected chi connectivity index (χ1v) is 9.52. The first-order chi connectivity index (χ1) is 12.7. The Morgan fingerprint density at radius 2 is 1.73 bits per heavy atom. The number of nitrogens with one attached hydrogen (secondary N) is 2. The van der Waals surface area contributed by atoms with Gasteiger partial charge in [0.2, 0.25) is 5.91 Å². The molecule has 0 aliphatic carbocycles. The summed E-state index contributed by atoms with van der Waals surface area (Å²) in [5.74, 6) is -0.157. The summed E-state index contributed by atoms with van der Waals surface area (Å²) in [6.45, 7) is 1.75. The van der Waals surface area contributed by atoms with Crippen LogP contribution in [0.2, 0.25) is 0 Å². The molecular formula is C19H20N4O2S. The Morgan fingerprint density at radius 3 is 2.38 bits per heavy atom. The molecule has 7 heteroatoms. The van der Waals surface area contributed by atoms with Crippen LogP contribution in [0.4, 0.5) is 16.2 Å². The van der Waals surface area contributed by atoms with Crippen molar-refractivity contribution >= 4 is 35.1 Å². The number of para-hydroxylation sites is 2. The van der Waals surface area contributed by atoms with Gasteiger partial charge in [-0.25, -0.2) is 9.80 Å². The van der Waals surface area contributed by atoms with Crippen LogP contribution in [0.5, 0.6) is 0 Å². The summed E-state index contributed by atoms with van der Waals surface area (Å²) in [5.41, 5.74) is 4.93. The van der Waals surface area contributed by atoms with Crippen molar-refractivity contribution in [3.63, 3.8) is 0 Å². The lowest BCUT2D eigenvalue weighted by molar-refractivity contribution is -0.124. The van der Waals surface area contributed by atoms with Crippen LogP contribution in [0.15, 0.2) is 58.3 Å². The van der Waals surface area contributed by atoms with E-state index < -0.39 is 0 Å². The zero-order chi connectivity index (χ0) is 17.9. The topological polar surface area (TPSA) is 64.7 Å². The zero-order valence-electron chi connectivity index (χ0n) is 14.3. The van der Waals surface area contributed by atoms with Gasteiger partial charge in [-0.1, -0.05) is 36.0 Å². The van der Waals surface area contributed by atoms with Crippen molar-refractivity contribution in [2.75, 3.05) is 24.5 Å². The molecule has 1 fully saturated rings. The molecule has 4 rings (SSSR count). The van der Waals surface area contributed by atoms with Crippen LogP contribution in [0.25, 0.3) is 0 Å². The third kappa shape index (κ3) is 3.35. The average Bonchev–Trinajstić information content (AvgIpc) is 2.67. The maximum atomic E-state index is 12.4. The normalized spacial score (nSPS) is 15.8. The molecule has 2 aromatic rings. The minimum Gasteiger partial charge on any atom is -0.339 e. The zero-order valence-corrected chi connectivity index (χ0v) is 15.1. The highest BCUT2D eigenvalue weighted by molar-refractivity contribution is 7.99. The molecule has 3 amide bonds. The quantitative estimate of drug-likeness (QED) is 0.870. The summed E-state index contributed by atoms with van der Waals surface area (Å²) in [6, 6.07) is 16.2. The Hall–Kier alpha value is -2.67. The fourth-order valence-corrected chi connectivity index (χ4v) is 4.27. The summed E-state index contributed by atoms with van der Waals surface area (Å²) in [4.78, 5) is 28.7. The average molecular weight is 368 g/mol. The summed E-state index contributed by atoms with van der Waals surface area (Å²) in [6.07, 6.45) is 1.13. The van der Waals surface area contributed by atoms with Gasteiger partial charge in [0.05, 0.1) is 11.4 Å². The highest BCUT2D eigenvalue weighted by atomic mass is 32.2. The minimum atomic E-state index is -0.241. The molecule has 0 atom stereocenters. The number of fused-ring (bicyclic) bond motifs is 2. The van der Waals surface area contributed by atoms with Gasteiger partial charge in [-0.2, -0.15) is 0 Å². The maximum Gasteiger partial charge on any atom is 0.336 e. The maximum absolute atomic E-state index is 12.4. The second kappa shape index (κ2) is 7.29. The number of hydrogen-bond acceptors (Lipinski definition) is 4. The number of hydrogen-bond donors (Lipinski definition) is 2. The molecule has 6 nitrogen and oxygen atoms in total. The summed E-state index contributed by atoms with van der Waals surface area (Å²) in [7, 11) is 0. The van der Waals surface area contributed by atoms with Crippen LogP contribution >= 0.6 is 11.8 Å². The molecule has 0 aromatic heterocycles. The second-order valence-electron chi connectivity index (χ2n) is 6.21. The SMILES string of the molecule is O=C(CCN1c2ccccc2Sc2ccccc21)NN1CCCNC1=O. The Labute approximate surface area is 156 Å². The van der Waals surface area contributed by atoms with Crippen molar-refractivity contribution in [2.45, 2.75) is 22.6 Å². The number of benzene rings is 2. The van der Waals surface area contributed by atoms with Gasteiger partial charge in [-0.05, 0) is 30.7 Å². The van der Waals surface area contributed by atoms with Gasteiger partial charge in [-0.3, -0.25) is 10.2 Å². The molecule has 2 heterocycles. The van der Waals surface area contributed by atoms with E-state index in [0.717, 1.165) is 17.8 Å². The lowest BCUT2D eigenvalue weighted by Crippen LogP contribution is -2.55. The number of carbonyl (C=O) groups excluding carboxylic acids is 2. The van der Waals surface area contributed by atoms with Gasteiger partial charge in [0, 0.05) is 35.8 Å². The van der Waals surface area contributed by atoms with E-state index in [1.54, 1.807) is 11.8 Å². The predicted octanol–water partition coefficient (Wildman–Crippen LogP) is 3.13. The van der Waals surface area contributed by atoms with Gasteiger partial charge in [-0.15, -0.1) is 0 Å². The van der Waals surface area contributed by atoms with E-state index in [0.29, 0.717) is 26.1 Å². The molecule has 0 unspecified atom stereocenters. The summed E-state index contributed by atoms with van der Waals surface area (Å²) < 4.78 is 0. The lowest BCUT2D eigenvalue weighted by Gasteiger charge is -2.33. The number of amides is 3. The van der Waals surface area contributed by atoms with Crippen molar-refractivity contribution in [3.05, 3.63) is 48.5 Å². The van der Waals surface area contributed by atoms with Crippen molar-refractivity contribution in [3.8, 4) is 0 Å². The molecule has 1 saturated heterocycles. The molecule has 2 aliphatic heterocycles. The third-order valence-corrected chi connectivity index (χ3v) is 5.56. The van der Waals surface area contributed by atoms with Crippen LogP contribution in [-0.4, -0.2) is 36.6 Å². The Morgan fingerprint density at radius 1 is 1.08 bits per heavy atom. The van der Waals surface area contributed by atoms with Gasteiger partial charge in [0.25, 0.3) is 0 Å². The summed E-state index contributed by atoms with van der Waals surface area (Å²) >= 11 is 1.75. The molecule has 26 heavy (non-hydrogen) atoms. The first-order valence-electron chi connectivity index (χ1n) is 8.71. The first kappa shape index (κ1) is 16.8. The molecular weight excluding hydrogens is 348 g/mol. The number of rotatable bonds is 4. The van der Waals surface area contributed by atoms with Crippen molar-refractivity contribution in [1.29, 1.82) is 0 Å². The Bertz CT molecular complexity index is 796. The van der Waals surface area contributed by atoms with Crippen LogP contribution in [0.3, 0.4) is 0 Å². The fourth-order valence-electron chi connectivity index (χ4n) is 3.18. The highest BCUT2D eigenvalue weighted by Gasteiger charge is 2.24. The fraction of sp³-hybridized carbons (Fsp3) is 0.263. The third-order valence-electron chi connectivity index (χ3n) is 4.43. The standard InChI is InChI=1S/C19H20N4O2S/c24-18(21-23-12-5-11-20-19(23)25)10-13-22-14-6-1-3-8-16(14)26-17-9-4-2-7-15(17)22/h1-4,6-9H,5,10-13H2,(H,20,25)(H,21,24). The van der Waals surface area contributed by atoms with Gasteiger partial charge in [0.1, 0.15) is 0 Å². The Kier molecular flexibility index (Phi) is 4.71. The van der Waals surface area contributed by atoms with Crippen LogP contribution in [0, 0.1) is 0 Å². The molecule has 2 aliphatic rings. The number of carbonyl (C=O) groups is 2. The van der Waals surface area contributed by atoms with E-state index in [9.17, 15) is 9.59 Å². The van der Waals surface area contributed by atoms with Crippen molar-refractivity contribution in [1.82, 2.24) is 15.8 Å². The molecule has 0 bridgehead atoms. The largest absolute Gasteiger partial charge is 0.339 e. The van der Waals surface area contributed by atoms with E-state index in [-0.39, 0.29) is 11.9 Å². The molecule has 0 radical (unpaired) electrons. The van der Waals surface area contributed by atoms with Crippen LogP contribution in [0.1, 0.15) is 12.8 Å². The molecule has 2 aromatic carbocycles. The minimum absolute atomic E-state index is 0.157. The van der Waals surface area contributed by atoms with Crippen molar-refractivity contribution in [2.24, 2.45) is 0 Å². The van der Waals surface area contributed by atoms with E-state index in [1.807, 2.05) is 24.3 Å². The molecule has 2 N–H and O–H groups in total. The molecule has 0 spiro atoms. The van der Waals surface area contributed by atoms with Crippen LogP contribution in [-0.2, 0) is 4.79 Å². The number of hydrazine groups is 1. The monoisotopic (exact) mass is 368 g/mol. The second-order valence-corrected chi connectivity index (χ2v) is 7.30. The van der Waals surface area contributed by atoms with E-state index in [4.69, 9.17) is 0 Å². The smallest absolute Gasteiger partial charge is 0.336 e. The summed E-state index contributed by atoms with van der Waals surface area (Å²) in [5, 5.41) is 4.09. The van der Waals surface area contributed by atoms with Gasteiger partial charge >= 0.3 is 6.03 Å². The molecule has 134 valence electrons. The van der Waals surface area contributed by atoms with E-state index >= 15 is 0 Å². The van der Waals surface area contributed by atoms with E-state index in [1.165, 1.54) is 14.8 Å². The number of nitrogens with zero attached hydrogens (tertiary/aromatic N) is 2. The van der Waals surface area contributed by atoms with E-state index in [2.05, 4.69) is 39.9 Å². The lowest BCUT2D eigenvalue weighted by atomic mass is 10.2.